The van der Waals surface area contributed by atoms with Crippen molar-refractivity contribution in [2.45, 2.75) is 30.3 Å². The first-order valence-corrected chi connectivity index (χ1v) is 13.1. The van der Waals surface area contributed by atoms with Crippen LogP contribution in [0.2, 0.25) is 0 Å². The van der Waals surface area contributed by atoms with E-state index in [4.69, 9.17) is 0 Å². The molecule has 0 bridgehead atoms. The van der Waals surface area contributed by atoms with Crippen molar-refractivity contribution in [1.29, 1.82) is 0 Å². The molecule has 0 amide bonds. The zero-order chi connectivity index (χ0) is 24.7. The summed E-state index contributed by atoms with van der Waals surface area (Å²) >= 11 is 0. The van der Waals surface area contributed by atoms with Gasteiger partial charge in [-0.2, -0.15) is 4.31 Å². The number of halogens is 1. The van der Waals surface area contributed by atoms with Crippen LogP contribution >= 0.6 is 0 Å². The summed E-state index contributed by atoms with van der Waals surface area (Å²) in [5, 5.41) is 10.2. The first-order valence-electron chi connectivity index (χ1n) is 11.6. The second-order valence-corrected chi connectivity index (χ2v) is 11.0. The molecule has 0 aromatic heterocycles. The van der Waals surface area contributed by atoms with Crippen molar-refractivity contribution in [2.75, 3.05) is 25.1 Å². The number of sulfonamides is 1. The molecule has 3 aromatic carbocycles. The molecule has 2 aliphatic heterocycles. The number of benzene rings is 3. The number of likely N-dealkylation sites (N-methyl/N-ethyl adjacent to an activating group) is 1. The quantitative estimate of drug-likeness (QED) is 0.562. The summed E-state index contributed by atoms with van der Waals surface area (Å²) in [5.74, 6) is 5.84. The maximum absolute atomic E-state index is 13.8. The van der Waals surface area contributed by atoms with Gasteiger partial charge in [-0.1, -0.05) is 30.0 Å². The number of nitrogens with zero attached hydrogens (tertiary/aromatic N) is 2. The number of aliphatic hydroxyl groups is 1. The minimum absolute atomic E-state index is 0.0448. The van der Waals surface area contributed by atoms with Gasteiger partial charge in [0.25, 0.3) is 0 Å². The average molecular weight is 491 g/mol. The summed E-state index contributed by atoms with van der Waals surface area (Å²) < 4.78 is 42.4. The van der Waals surface area contributed by atoms with Gasteiger partial charge in [-0.15, -0.1) is 0 Å². The molecule has 1 N–H and O–H groups in total. The fourth-order valence-corrected chi connectivity index (χ4v) is 7.30. The Morgan fingerprint density at radius 1 is 1.03 bits per heavy atom. The minimum atomic E-state index is -3.74. The Balaban J connectivity index is 1.59. The fourth-order valence-electron chi connectivity index (χ4n) is 5.41. The summed E-state index contributed by atoms with van der Waals surface area (Å²) in [6.45, 7) is 2.14. The normalized spacial score (nSPS) is 21.7. The van der Waals surface area contributed by atoms with Gasteiger partial charge < -0.3 is 10.0 Å². The summed E-state index contributed by atoms with van der Waals surface area (Å²) in [6.07, 6.45) is 0.663. The molecule has 5 nitrogen and oxygen atoms in total. The van der Waals surface area contributed by atoms with Crippen LogP contribution in [0.4, 0.5) is 10.1 Å². The van der Waals surface area contributed by atoms with E-state index >= 15 is 0 Å². The van der Waals surface area contributed by atoms with E-state index in [1.165, 1.54) is 12.1 Å². The Morgan fingerprint density at radius 3 is 2.43 bits per heavy atom. The third kappa shape index (κ3) is 4.12. The molecule has 0 aliphatic carbocycles. The van der Waals surface area contributed by atoms with E-state index in [0.717, 1.165) is 16.8 Å². The van der Waals surface area contributed by atoms with E-state index in [1.54, 1.807) is 28.6 Å². The molecule has 5 rings (SSSR count). The fraction of sp³-hybridized carbons (Fsp3) is 0.286. The van der Waals surface area contributed by atoms with Crippen molar-refractivity contribution in [1.82, 2.24) is 4.31 Å². The molecular formula is C28H27FN2O3S. The van der Waals surface area contributed by atoms with E-state index in [9.17, 15) is 17.9 Å². The number of fused-ring (bicyclic) bond motifs is 3. The topological polar surface area (TPSA) is 60.9 Å². The molecule has 3 aromatic rings. The lowest BCUT2D eigenvalue weighted by Crippen LogP contribution is -2.48. The first-order chi connectivity index (χ1) is 16.8. The molecule has 1 fully saturated rings. The van der Waals surface area contributed by atoms with Gasteiger partial charge in [0, 0.05) is 36.3 Å². The molecule has 2 aliphatic rings. The number of hydrogen-bond donors (Lipinski definition) is 1. The van der Waals surface area contributed by atoms with E-state index < -0.39 is 16.1 Å². The Bertz CT molecular complexity index is 1430. The van der Waals surface area contributed by atoms with E-state index in [2.05, 4.69) is 16.7 Å². The maximum atomic E-state index is 13.8. The van der Waals surface area contributed by atoms with Crippen LogP contribution in [-0.2, 0) is 10.0 Å². The molecule has 1 saturated heterocycles. The lowest BCUT2D eigenvalue weighted by molar-refractivity contribution is 0.193. The van der Waals surface area contributed by atoms with Crippen molar-refractivity contribution in [3.8, 4) is 11.8 Å². The highest BCUT2D eigenvalue weighted by atomic mass is 32.2. The second-order valence-electron chi connectivity index (χ2n) is 9.17. The number of rotatable bonds is 3. The van der Waals surface area contributed by atoms with Crippen molar-refractivity contribution >= 4 is 15.7 Å². The van der Waals surface area contributed by atoms with Crippen LogP contribution in [0.15, 0.2) is 71.6 Å². The smallest absolute Gasteiger partial charge is 0.243 e. The number of hydrogen-bond acceptors (Lipinski definition) is 4. The molecule has 35 heavy (non-hydrogen) atoms. The zero-order valence-electron chi connectivity index (χ0n) is 19.6. The van der Waals surface area contributed by atoms with E-state index in [-0.39, 0.29) is 24.4 Å². The van der Waals surface area contributed by atoms with Gasteiger partial charge >= 0.3 is 0 Å². The van der Waals surface area contributed by atoms with Crippen LogP contribution in [0.25, 0.3) is 0 Å². The van der Waals surface area contributed by atoms with Crippen LogP contribution in [-0.4, -0.2) is 44.1 Å². The van der Waals surface area contributed by atoms with Gasteiger partial charge in [-0.05, 0) is 73.0 Å². The summed E-state index contributed by atoms with van der Waals surface area (Å²) in [7, 11) is -1.80. The Labute approximate surface area is 205 Å². The molecule has 3 atom stereocenters. The molecule has 2 heterocycles. The van der Waals surface area contributed by atoms with Gasteiger partial charge in [0.2, 0.25) is 10.0 Å². The molecule has 0 spiro atoms. The molecule has 0 radical (unpaired) electrons. The second kappa shape index (κ2) is 9.12. The van der Waals surface area contributed by atoms with E-state index in [1.807, 2.05) is 44.3 Å². The van der Waals surface area contributed by atoms with Crippen molar-refractivity contribution < 1.29 is 17.9 Å². The van der Waals surface area contributed by atoms with Gasteiger partial charge in [-0.25, -0.2) is 12.8 Å². The lowest BCUT2D eigenvalue weighted by atomic mass is 9.82. The SMILES string of the molecule is Cc1ccccc1S(=O)(=O)N1CC[C@@H]2[C@H](CO)N(C)c3ccc(C#Cc4ccc(F)cc4)cc3[C@@H]21. The zero-order valence-corrected chi connectivity index (χ0v) is 20.5. The van der Waals surface area contributed by atoms with Crippen molar-refractivity contribution in [3.05, 3.63) is 94.8 Å². The molecule has 0 unspecified atom stereocenters. The third-order valence-corrected chi connectivity index (χ3v) is 9.22. The Kier molecular flexibility index (Phi) is 6.14. The lowest BCUT2D eigenvalue weighted by Gasteiger charge is -2.44. The number of aryl methyl sites for hydroxylation is 1. The molecule has 0 saturated carbocycles. The third-order valence-electron chi connectivity index (χ3n) is 7.18. The van der Waals surface area contributed by atoms with Crippen LogP contribution < -0.4 is 4.90 Å². The Hall–Kier alpha value is -3.18. The number of aliphatic hydroxyl groups excluding tert-OH is 1. The molecule has 180 valence electrons. The van der Waals surface area contributed by atoms with Crippen LogP contribution in [0.5, 0.6) is 0 Å². The predicted octanol–water partition coefficient (Wildman–Crippen LogP) is 4.10. The minimum Gasteiger partial charge on any atom is -0.394 e. The summed E-state index contributed by atoms with van der Waals surface area (Å²) in [5.41, 5.74) is 3.95. The molecular weight excluding hydrogens is 463 g/mol. The predicted molar refractivity (Wildman–Crippen MR) is 134 cm³/mol. The monoisotopic (exact) mass is 490 g/mol. The summed E-state index contributed by atoms with van der Waals surface area (Å²) in [4.78, 5) is 2.37. The number of anilines is 1. The van der Waals surface area contributed by atoms with Gasteiger partial charge in [0.1, 0.15) is 5.82 Å². The standard InChI is InChI=1S/C28H27FN2O3S/c1-19-5-3-4-6-27(19)35(33,34)31-16-15-23-26(18-32)30(2)25-14-11-21(17-24(25)28(23)31)8-7-20-9-12-22(29)13-10-20/h3-6,9-14,17,23,26,28,32H,15-16,18H2,1-2H3/t23-,26+,28-/m1/s1. The highest BCUT2D eigenvalue weighted by Gasteiger charge is 2.50. The first kappa shape index (κ1) is 23.6. The van der Waals surface area contributed by atoms with Gasteiger partial charge in [-0.3, -0.25) is 0 Å². The average Bonchev–Trinajstić information content (AvgIpc) is 3.30. The molecule has 7 heteroatoms. The van der Waals surface area contributed by atoms with Crippen LogP contribution in [0.1, 0.15) is 34.7 Å². The van der Waals surface area contributed by atoms with Crippen molar-refractivity contribution in [2.24, 2.45) is 5.92 Å². The van der Waals surface area contributed by atoms with Crippen molar-refractivity contribution in [3.63, 3.8) is 0 Å². The highest BCUT2D eigenvalue weighted by Crippen LogP contribution is 2.50. The maximum Gasteiger partial charge on any atom is 0.243 e. The van der Waals surface area contributed by atoms with Gasteiger partial charge in [0.15, 0.2) is 0 Å². The summed E-state index contributed by atoms with van der Waals surface area (Å²) in [6, 6.07) is 18.3. The Morgan fingerprint density at radius 2 is 1.71 bits per heavy atom. The van der Waals surface area contributed by atoms with Crippen LogP contribution in [0, 0.1) is 30.5 Å². The highest BCUT2D eigenvalue weighted by molar-refractivity contribution is 7.89. The largest absolute Gasteiger partial charge is 0.394 e. The van der Waals surface area contributed by atoms with Gasteiger partial charge in [0.05, 0.1) is 23.6 Å². The van der Waals surface area contributed by atoms with E-state index in [0.29, 0.717) is 29.0 Å². The van der Waals surface area contributed by atoms with Crippen LogP contribution in [0.3, 0.4) is 0 Å².